The predicted molar refractivity (Wildman–Crippen MR) is 65.4 cm³/mol. The molecule has 1 aromatic rings. The van der Waals surface area contributed by atoms with Crippen molar-refractivity contribution in [2.45, 2.75) is 24.2 Å². The molecular formula is C12H12Cl2FNO. The number of alkyl halides is 2. The highest BCUT2D eigenvalue weighted by molar-refractivity contribution is 6.53. The molecule has 0 saturated heterocycles. The first-order valence-corrected chi connectivity index (χ1v) is 6.01. The van der Waals surface area contributed by atoms with E-state index in [0.29, 0.717) is 12.0 Å². The van der Waals surface area contributed by atoms with Crippen molar-refractivity contribution in [1.29, 1.82) is 0 Å². The van der Waals surface area contributed by atoms with Crippen molar-refractivity contribution in [3.8, 4) is 0 Å². The number of halogens is 3. The van der Waals surface area contributed by atoms with Gasteiger partial charge in [-0.3, -0.25) is 4.79 Å². The Labute approximate surface area is 109 Å². The quantitative estimate of drug-likeness (QED) is 0.845. The Balaban J connectivity index is 1.94. The SMILES string of the molecule is CC1(C(=O)NCc2cccc(F)c2)CC1(Cl)Cl. The number of hydrogen-bond donors (Lipinski definition) is 1. The Kier molecular flexibility index (Phi) is 3.08. The van der Waals surface area contributed by atoms with Crippen molar-refractivity contribution in [1.82, 2.24) is 5.32 Å². The van der Waals surface area contributed by atoms with Crippen LogP contribution in [0.25, 0.3) is 0 Å². The first-order valence-electron chi connectivity index (χ1n) is 5.26. The van der Waals surface area contributed by atoms with Gasteiger partial charge >= 0.3 is 0 Å². The minimum absolute atomic E-state index is 0.202. The highest BCUT2D eigenvalue weighted by Gasteiger charge is 2.67. The van der Waals surface area contributed by atoms with Gasteiger partial charge < -0.3 is 5.32 Å². The number of amides is 1. The van der Waals surface area contributed by atoms with Crippen LogP contribution in [0.15, 0.2) is 24.3 Å². The summed E-state index contributed by atoms with van der Waals surface area (Å²) in [6.07, 6.45) is 0.443. The lowest BCUT2D eigenvalue weighted by molar-refractivity contribution is -0.125. The van der Waals surface area contributed by atoms with Crippen molar-refractivity contribution < 1.29 is 9.18 Å². The van der Waals surface area contributed by atoms with Gasteiger partial charge in [-0.1, -0.05) is 12.1 Å². The number of hydrogen-bond acceptors (Lipinski definition) is 1. The van der Waals surface area contributed by atoms with Crippen molar-refractivity contribution >= 4 is 29.1 Å². The molecular weight excluding hydrogens is 264 g/mol. The standard InChI is InChI=1S/C12H12Cl2FNO/c1-11(7-12(11,13)14)10(17)16-6-8-3-2-4-9(15)5-8/h2-5H,6-7H2,1H3,(H,16,17). The summed E-state index contributed by atoms with van der Waals surface area (Å²) < 4.78 is 11.9. The highest BCUT2D eigenvalue weighted by atomic mass is 35.5. The number of carbonyl (C=O) groups is 1. The minimum Gasteiger partial charge on any atom is -0.351 e. The summed E-state index contributed by atoms with van der Waals surface area (Å²) >= 11 is 11.8. The van der Waals surface area contributed by atoms with Crippen LogP contribution in [0, 0.1) is 11.2 Å². The molecule has 1 unspecified atom stereocenters. The van der Waals surface area contributed by atoms with E-state index in [2.05, 4.69) is 5.32 Å². The van der Waals surface area contributed by atoms with Gasteiger partial charge in [0, 0.05) is 6.54 Å². The van der Waals surface area contributed by atoms with Crippen LogP contribution in [0.3, 0.4) is 0 Å². The molecule has 1 aromatic carbocycles. The Morgan fingerprint density at radius 3 is 2.71 bits per heavy atom. The van der Waals surface area contributed by atoms with Crippen molar-refractivity contribution in [3.05, 3.63) is 35.6 Å². The maximum absolute atomic E-state index is 12.9. The van der Waals surface area contributed by atoms with Crippen molar-refractivity contribution in [2.24, 2.45) is 5.41 Å². The number of benzene rings is 1. The molecule has 1 saturated carbocycles. The molecule has 1 amide bonds. The Morgan fingerprint density at radius 1 is 1.53 bits per heavy atom. The van der Waals surface area contributed by atoms with Crippen LogP contribution in [-0.2, 0) is 11.3 Å². The maximum atomic E-state index is 12.9. The second kappa shape index (κ2) is 4.14. The molecule has 1 fully saturated rings. The second-order valence-corrected chi connectivity index (χ2v) is 6.01. The van der Waals surface area contributed by atoms with Gasteiger partial charge in [0.25, 0.3) is 0 Å². The van der Waals surface area contributed by atoms with E-state index in [1.54, 1.807) is 19.1 Å². The van der Waals surface area contributed by atoms with Crippen LogP contribution >= 0.6 is 23.2 Å². The average Bonchev–Trinajstić information content (AvgIpc) is 2.76. The van der Waals surface area contributed by atoms with E-state index in [0.717, 1.165) is 0 Å². The largest absolute Gasteiger partial charge is 0.351 e. The van der Waals surface area contributed by atoms with Crippen molar-refractivity contribution in [3.63, 3.8) is 0 Å². The van der Waals surface area contributed by atoms with Gasteiger partial charge in [-0.2, -0.15) is 0 Å². The minimum atomic E-state index is -0.973. The average molecular weight is 276 g/mol. The zero-order chi connectivity index (χ0) is 12.7. The molecule has 2 nitrogen and oxygen atoms in total. The third-order valence-corrected chi connectivity index (χ3v) is 4.20. The summed E-state index contributed by atoms with van der Waals surface area (Å²) in [6.45, 7) is 1.99. The fourth-order valence-corrected chi connectivity index (χ4v) is 2.38. The van der Waals surface area contributed by atoms with Crippen LogP contribution in [0.4, 0.5) is 4.39 Å². The molecule has 1 N–H and O–H groups in total. The molecule has 0 heterocycles. The van der Waals surface area contributed by atoms with Gasteiger partial charge in [0.1, 0.15) is 10.2 Å². The Hall–Kier alpha value is -0.800. The molecule has 1 aliphatic carbocycles. The van der Waals surface area contributed by atoms with E-state index < -0.39 is 9.75 Å². The van der Waals surface area contributed by atoms with Gasteiger partial charge in [0.05, 0.1) is 5.41 Å². The number of rotatable bonds is 3. The van der Waals surface area contributed by atoms with Gasteiger partial charge in [-0.15, -0.1) is 23.2 Å². The molecule has 0 aromatic heterocycles. The van der Waals surface area contributed by atoms with E-state index in [9.17, 15) is 9.18 Å². The molecule has 92 valence electrons. The fraction of sp³-hybridized carbons (Fsp3) is 0.417. The summed E-state index contributed by atoms with van der Waals surface area (Å²) in [6, 6.07) is 6.08. The van der Waals surface area contributed by atoms with Gasteiger partial charge in [-0.25, -0.2) is 4.39 Å². The summed E-state index contributed by atoms with van der Waals surface area (Å²) in [7, 11) is 0. The van der Waals surface area contributed by atoms with Gasteiger partial charge in [-0.05, 0) is 31.0 Å². The van der Waals surface area contributed by atoms with E-state index in [4.69, 9.17) is 23.2 Å². The lowest BCUT2D eigenvalue weighted by atomic mass is 10.1. The molecule has 0 radical (unpaired) electrons. The van der Waals surface area contributed by atoms with Crippen LogP contribution in [-0.4, -0.2) is 10.2 Å². The van der Waals surface area contributed by atoms with E-state index in [1.807, 2.05) is 0 Å². The normalized spacial score (nSPS) is 25.4. The zero-order valence-electron chi connectivity index (χ0n) is 9.27. The first-order chi connectivity index (χ1) is 7.85. The summed E-state index contributed by atoms with van der Waals surface area (Å²) in [5.41, 5.74) is -0.0268. The topological polar surface area (TPSA) is 29.1 Å². The fourth-order valence-electron chi connectivity index (χ4n) is 1.67. The van der Waals surface area contributed by atoms with Gasteiger partial charge in [0.15, 0.2) is 0 Å². The summed E-state index contributed by atoms with van der Waals surface area (Å²) in [4.78, 5) is 11.8. The third kappa shape index (κ3) is 2.40. The molecule has 2 rings (SSSR count). The molecule has 0 bridgehead atoms. The highest BCUT2D eigenvalue weighted by Crippen LogP contribution is 2.63. The Morgan fingerprint density at radius 2 is 2.18 bits per heavy atom. The number of carbonyl (C=O) groups excluding carboxylic acids is 1. The molecule has 0 aliphatic heterocycles. The van der Waals surface area contributed by atoms with E-state index in [-0.39, 0.29) is 18.3 Å². The number of nitrogens with one attached hydrogen (secondary N) is 1. The summed E-state index contributed by atoms with van der Waals surface area (Å²) in [5.74, 6) is -0.523. The van der Waals surface area contributed by atoms with E-state index in [1.165, 1.54) is 12.1 Å². The lowest BCUT2D eigenvalue weighted by Gasteiger charge is -2.12. The monoisotopic (exact) mass is 275 g/mol. The zero-order valence-corrected chi connectivity index (χ0v) is 10.8. The Bertz CT molecular complexity index is 464. The lowest BCUT2D eigenvalue weighted by Crippen LogP contribution is -2.32. The molecule has 1 atom stereocenters. The molecule has 17 heavy (non-hydrogen) atoms. The maximum Gasteiger partial charge on any atom is 0.229 e. The summed E-state index contributed by atoms with van der Waals surface area (Å²) in [5, 5.41) is 2.71. The van der Waals surface area contributed by atoms with Crippen molar-refractivity contribution in [2.75, 3.05) is 0 Å². The van der Waals surface area contributed by atoms with Crippen LogP contribution in [0.2, 0.25) is 0 Å². The third-order valence-electron chi connectivity index (χ3n) is 3.10. The first kappa shape index (κ1) is 12.7. The predicted octanol–water partition coefficient (Wildman–Crippen LogP) is 3.03. The smallest absolute Gasteiger partial charge is 0.229 e. The molecule has 0 spiro atoms. The molecule has 5 heteroatoms. The van der Waals surface area contributed by atoms with Crippen LogP contribution < -0.4 is 5.32 Å². The second-order valence-electron chi connectivity index (χ2n) is 4.53. The van der Waals surface area contributed by atoms with Gasteiger partial charge in [0.2, 0.25) is 5.91 Å². The van der Waals surface area contributed by atoms with Crippen LogP contribution in [0.1, 0.15) is 18.9 Å². The van der Waals surface area contributed by atoms with Crippen LogP contribution in [0.5, 0.6) is 0 Å². The molecule has 1 aliphatic rings. The van der Waals surface area contributed by atoms with E-state index >= 15 is 0 Å².